The van der Waals surface area contributed by atoms with Gasteiger partial charge in [0.1, 0.15) is 11.3 Å². The second-order valence-corrected chi connectivity index (χ2v) is 9.87. The molecule has 178 valence electrons. The maximum atomic E-state index is 13.1. The normalized spacial score (nSPS) is 15.8. The summed E-state index contributed by atoms with van der Waals surface area (Å²) < 4.78 is 38.3. The van der Waals surface area contributed by atoms with Crippen LogP contribution in [-0.4, -0.2) is 50.9 Å². The van der Waals surface area contributed by atoms with Gasteiger partial charge in [0.25, 0.3) is 5.91 Å². The van der Waals surface area contributed by atoms with Gasteiger partial charge in [0.05, 0.1) is 12.0 Å². The summed E-state index contributed by atoms with van der Waals surface area (Å²) in [4.78, 5) is 25.2. The lowest BCUT2D eigenvalue weighted by Gasteiger charge is -2.21. The molecular weight excluding hydrogens is 444 g/mol. The van der Waals surface area contributed by atoms with Crippen molar-refractivity contribution in [2.24, 2.45) is 0 Å². The second-order valence-electron chi connectivity index (χ2n) is 7.93. The number of carbonyl (C=O) groups excluding carboxylic acids is 2. The van der Waals surface area contributed by atoms with Crippen LogP contribution in [0.4, 0.5) is 0 Å². The minimum atomic E-state index is -3.76. The summed E-state index contributed by atoms with van der Waals surface area (Å²) in [5.41, 5.74) is 0.869. The largest absolute Gasteiger partial charge is 0.496 e. The van der Waals surface area contributed by atoms with Crippen LogP contribution in [0.2, 0.25) is 0 Å². The Morgan fingerprint density at radius 2 is 1.70 bits per heavy atom. The molecule has 1 atom stereocenters. The predicted octanol–water partition coefficient (Wildman–Crippen LogP) is 3.12. The first-order valence-corrected chi connectivity index (χ1v) is 12.5. The van der Waals surface area contributed by atoms with Gasteiger partial charge in [-0.15, -0.1) is 0 Å². The molecule has 33 heavy (non-hydrogen) atoms. The van der Waals surface area contributed by atoms with Crippen LogP contribution < -0.4 is 10.1 Å². The summed E-state index contributed by atoms with van der Waals surface area (Å²) in [5.74, 6) is -1.12. The lowest BCUT2D eigenvalue weighted by molar-refractivity contribution is -0.129. The molecule has 9 heteroatoms. The van der Waals surface area contributed by atoms with Crippen LogP contribution in [0.5, 0.6) is 5.75 Å². The number of sulfonamides is 1. The Bertz CT molecular complexity index is 1060. The summed E-state index contributed by atoms with van der Waals surface area (Å²) in [5, 5.41) is 2.72. The zero-order valence-corrected chi connectivity index (χ0v) is 19.8. The first-order valence-electron chi connectivity index (χ1n) is 11.0. The Morgan fingerprint density at radius 1 is 1.03 bits per heavy atom. The fraction of sp³-hybridized carbons (Fsp3) is 0.417. The van der Waals surface area contributed by atoms with Crippen molar-refractivity contribution in [1.82, 2.24) is 9.62 Å². The number of amides is 1. The quantitative estimate of drug-likeness (QED) is 0.590. The molecule has 1 N–H and O–H groups in total. The molecule has 8 nitrogen and oxygen atoms in total. The van der Waals surface area contributed by atoms with E-state index in [0.717, 1.165) is 31.2 Å². The summed E-state index contributed by atoms with van der Waals surface area (Å²) in [6.45, 7) is 2.66. The number of benzene rings is 2. The van der Waals surface area contributed by atoms with Crippen molar-refractivity contribution in [1.29, 1.82) is 0 Å². The van der Waals surface area contributed by atoms with E-state index in [2.05, 4.69) is 5.32 Å². The lowest BCUT2D eigenvalue weighted by atomic mass is 10.2. The van der Waals surface area contributed by atoms with Gasteiger partial charge in [-0.25, -0.2) is 13.2 Å². The number of nitrogens with zero attached hydrogens (tertiary/aromatic N) is 1. The van der Waals surface area contributed by atoms with Crippen LogP contribution in [0.15, 0.2) is 53.4 Å². The highest BCUT2D eigenvalue weighted by molar-refractivity contribution is 7.89. The van der Waals surface area contributed by atoms with Crippen LogP contribution in [0.3, 0.4) is 0 Å². The minimum Gasteiger partial charge on any atom is -0.496 e. The maximum Gasteiger partial charge on any atom is 0.342 e. The van der Waals surface area contributed by atoms with Crippen molar-refractivity contribution in [2.45, 2.75) is 50.2 Å². The van der Waals surface area contributed by atoms with Gasteiger partial charge in [0.15, 0.2) is 6.10 Å². The molecule has 0 saturated carbocycles. The first-order chi connectivity index (χ1) is 15.8. The average Bonchev–Trinajstić information content (AvgIpc) is 3.13. The molecule has 3 rings (SSSR count). The Labute approximate surface area is 194 Å². The highest BCUT2D eigenvalue weighted by Crippen LogP contribution is 2.27. The van der Waals surface area contributed by atoms with E-state index in [1.807, 2.05) is 30.3 Å². The molecule has 0 aliphatic carbocycles. The average molecular weight is 475 g/mol. The summed E-state index contributed by atoms with van der Waals surface area (Å²) in [6, 6.07) is 13.5. The van der Waals surface area contributed by atoms with E-state index in [9.17, 15) is 18.0 Å². The van der Waals surface area contributed by atoms with Crippen LogP contribution in [0.25, 0.3) is 0 Å². The van der Waals surface area contributed by atoms with E-state index in [0.29, 0.717) is 19.6 Å². The molecule has 0 aromatic heterocycles. The van der Waals surface area contributed by atoms with Crippen LogP contribution >= 0.6 is 0 Å². The van der Waals surface area contributed by atoms with Gasteiger partial charge in [0, 0.05) is 19.6 Å². The van der Waals surface area contributed by atoms with Gasteiger partial charge in [-0.1, -0.05) is 43.2 Å². The van der Waals surface area contributed by atoms with Gasteiger partial charge in [-0.2, -0.15) is 4.31 Å². The fourth-order valence-electron chi connectivity index (χ4n) is 3.64. The van der Waals surface area contributed by atoms with Crippen molar-refractivity contribution in [2.75, 3.05) is 20.2 Å². The van der Waals surface area contributed by atoms with Crippen LogP contribution in [-0.2, 0) is 26.1 Å². The molecule has 1 aliphatic rings. The van der Waals surface area contributed by atoms with E-state index in [-0.39, 0.29) is 16.2 Å². The van der Waals surface area contributed by atoms with Crippen molar-refractivity contribution < 1.29 is 27.5 Å². The molecule has 2 aromatic rings. The Kier molecular flexibility index (Phi) is 8.46. The molecular formula is C24H30N2O6S. The minimum absolute atomic E-state index is 0.00154. The third-order valence-corrected chi connectivity index (χ3v) is 7.45. The number of methoxy groups -OCH3 is 1. The molecule has 2 aromatic carbocycles. The van der Waals surface area contributed by atoms with Gasteiger partial charge < -0.3 is 14.8 Å². The molecule has 1 heterocycles. The molecule has 0 bridgehead atoms. The third-order valence-electron chi connectivity index (χ3n) is 5.56. The Morgan fingerprint density at radius 3 is 2.33 bits per heavy atom. The number of rotatable bonds is 8. The van der Waals surface area contributed by atoms with E-state index in [4.69, 9.17) is 9.47 Å². The molecule has 0 unspecified atom stereocenters. The summed E-state index contributed by atoms with van der Waals surface area (Å²) >= 11 is 0. The molecule has 1 amide bonds. The van der Waals surface area contributed by atoms with E-state index >= 15 is 0 Å². The standard InChI is InChI=1S/C24H30N2O6S/c1-18(23(27)25-17-19-10-6-5-7-11-19)32-24(28)21-16-20(12-13-22(21)31-2)33(29,30)26-14-8-3-4-9-15-26/h5-7,10-13,16,18H,3-4,8-9,14-15,17H2,1-2H3,(H,25,27)/t18-/m1/s1. The van der Waals surface area contributed by atoms with E-state index < -0.39 is 28.0 Å². The van der Waals surface area contributed by atoms with Crippen molar-refractivity contribution in [3.63, 3.8) is 0 Å². The monoisotopic (exact) mass is 474 g/mol. The number of ether oxygens (including phenoxy) is 2. The summed E-state index contributed by atoms with van der Waals surface area (Å²) in [6.07, 6.45) is 2.53. The van der Waals surface area contributed by atoms with Crippen molar-refractivity contribution in [3.05, 3.63) is 59.7 Å². The topological polar surface area (TPSA) is 102 Å². The number of nitrogens with one attached hydrogen (secondary N) is 1. The lowest BCUT2D eigenvalue weighted by Crippen LogP contribution is -2.35. The smallest absolute Gasteiger partial charge is 0.342 e. The van der Waals surface area contributed by atoms with E-state index in [1.165, 1.54) is 36.5 Å². The van der Waals surface area contributed by atoms with Gasteiger partial charge in [-0.05, 0) is 43.5 Å². The van der Waals surface area contributed by atoms with Gasteiger partial charge >= 0.3 is 5.97 Å². The predicted molar refractivity (Wildman–Crippen MR) is 123 cm³/mol. The zero-order chi connectivity index (χ0) is 23.8. The third kappa shape index (κ3) is 6.33. The maximum absolute atomic E-state index is 13.1. The molecule has 0 spiro atoms. The molecule has 0 radical (unpaired) electrons. The second kappa shape index (κ2) is 11.3. The summed E-state index contributed by atoms with van der Waals surface area (Å²) in [7, 11) is -2.38. The SMILES string of the molecule is COc1ccc(S(=O)(=O)N2CCCCCC2)cc1C(=O)O[C@H](C)C(=O)NCc1ccccc1. The van der Waals surface area contributed by atoms with E-state index in [1.54, 1.807) is 0 Å². The number of carbonyl (C=O) groups is 2. The van der Waals surface area contributed by atoms with Crippen molar-refractivity contribution in [3.8, 4) is 5.75 Å². The Balaban J connectivity index is 1.72. The Hall–Kier alpha value is -2.91. The highest BCUT2D eigenvalue weighted by Gasteiger charge is 2.28. The van der Waals surface area contributed by atoms with Crippen LogP contribution in [0, 0.1) is 0 Å². The number of hydrogen-bond donors (Lipinski definition) is 1. The van der Waals surface area contributed by atoms with Crippen molar-refractivity contribution >= 4 is 21.9 Å². The fourth-order valence-corrected chi connectivity index (χ4v) is 5.19. The molecule has 1 fully saturated rings. The van der Waals surface area contributed by atoms with Gasteiger partial charge in [-0.3, -0.25) is 4.79 Å². The number of esters is 1. The van der Waals surface area contributed by atoms with Crippen LogP contribution in [0.1, 0.15) is 48.5 Å². The molecule has 1 saturated heterocycles. The zero-order valence-electron chi connectivity index (χ0n) is 19.0. The molecule has 1 aliphatic heterocycles. The van der Waals surface area contributed by atoms with Gasteiger partial charge in [0.2, 0.25) is 10.0 Å². The number of hydrogen-bond acceptors (Lipinski definition) is 6. The first kappa shape index (κ1) is 24.7. The highest BCUT2D eigenvalue weighted by atomic mass is 32.2.